The van der Waals surface area contributed by atoms with E-state index in [0.29, 0.717) is 19.2 Å². The second-order valence-corrected chi connectivity index (χ2v) is 3.71. The summed E-state index contributed by atoms with van der Waals surface area (Å²) in [4.78, 5) is 10.1. The van der Waals surface area contributed by atoms with Gasteiger partial charge in [-0.1, -0.05) is 13.8 Å². The summed E-state index contributed by atoms with van der Waals surface area (Å²) in [6, 6.07) is 0.363. The highest BCUT2D eigenvalue weighted by atomic mass is 16.6. The van der Waals surface area contributed by atoms with Gasteiger partial charge in [-0.3, -0.25) is 14.8 Å². The van der Waals surface area contributed by atoms with Crippen LogP contribution in [0.5, 0.6) is 5.88 Å². The molecule has 90 valence electrons. The Morgan fingerprint density at radius 3 is 2.94 bits per heavy atom. The van der Waals surface area contributed by atoms with E-state index < -0.39 is 4.92 Å². The molecule has 0 aromatic carbocycles. The van der Waals surface area contributed by atoms with Gasteiger partial charge in [0.15, 0.2) is 0 Å². The normalized spacial score (nSPS) is 10.8. The molecule has 0 saturated carbocycles. The van der Waals surface area contributed by atoms with Crippen molar-refractivity contribution in [3.8, 4) is 5.88 Å². The van der Waals surface area contributed by atoms with Gasteiger partial charge in [0.25, 0.3) is 0 Å². The fourth-order valence-corrected chi connectivity index (χ4v) is 1.18. The highest BCUT2D eigenvalue weighted by molar-refractivity contribution is 5.38. The lowest BCUT2D eigenvalue weighted by Crippen LogP contribution is -2.27. The minimum Gasteiger partial charge on any atom is -0.470 e. The number of nitrogens with zero attached hydrogens (tertiary/aromatic N) is 3. The lowest BCUT2D eigenvalue weighted by Gasteiger charge is -2.07. The van der Waals surface area contributed by atoms with Gasteiger partial charge in [-0.15, -0.1) is 5.10 Å². The van der Waals surface area contributed by atoms with Crippen LogP contribution in [0, 0.1) is 10.1 Å². The first-order chi connectivity index (χ1) is 7.50. The highest BCUT2D eigenvalue weighted by Crippen LogP contribution is 2.23. The Hall–Kier alpha value is -1.63. The third-order valence-electron chi connectivity index (χ3n) is 1.87. The fourth-order valence-electron chi connectivity index (χ4n) is 1.18. The number of aryl methyl sites for hydroxylation is 1. The van der Waals surface area contributed by atoms with Crippen LogP contribution in [0.3, 0.4) is 0 Å². The van der Waals surface area contributed by atoms with Crippen LogP contribution in [0.25, 0.3) is 0 Å². The molecule has 0 spiro atoms. The molecular formula is C9H16N4O3. The summed E-state index contributed by atoms with van der Waals surface area (Å²) in [5, 5.41) is 17.6. The van der Waals surface area contributed by atoms with Crippen LogP contribution in [0.15, 0.2) is 6.20 Å². The molecule has 0 unspecified atom stereocenters. The third kappa shape index (κ3) is 3.50. The maximum atomic E-state index is 10.6. The zero-order valence-corrected chi connectivity index (χ0v) is 9.64. The average molecular weight is 228 g/mol. The van der Waals surface area contributed by atoms with Gasteiger partial charge in [0.1, 0.15) is 12.8 Å². The number of hydrogen-bond donors (Lipinski definition) is 1. The van der Waals surface area contributed by atoms with Gasteiger partial charge in [0.05, 0.1) is 4.92 Å². The van der Waals surface area contributed by atoms with Gasteiger partial charge in [-0.05, 0) is 0 Å². The standard InChI is InChI=1S/C9H16N4O3/c1-7(2)10-4-5-16-9-8(13(14)15)6-12(3)11-9/h6-7,10H,4-5H2,1-3H3. The van der Waals surface area contributed by atoms with Crippen molar-refractivity contribution in [1.82, 2.24) is 15.1 Å². The van der Waals surface area contributed by atoms with Gasteiger partial charge in [0, 0.05) is 19.6 Å². The van der Waals surface area contributed by atoms with E-state index in [0.717, 1.165) is 0 Å². The summed E-state index contributed by atoms with van der Waals surface area (Å²) in [5.41, 5.74) is -0.105. The lowest BCUT2D eigenvalue weighted by molar-refractivity contribution is -0.385. The molecular weight excluding hydrogens is 212 g/mol. The molecule has 7 heteroatoms. The average Bonchev–Trinajstić information content (AvgIpc) is 2.54. The van der Waals surface area contributed by atoms with Gasteiger partial charge in [-0.2, -0.15) is 0 Å². The van der Waals surface area contributed by atoms with Gasteiger partial charge in [0.2, 0.25) is 0 Å². The lowest BCUT2D eigenvalue weighted by atomic mass is 10.4. The zero-order chi connectivity index (χ0) is 12.1. The predicted octanol–water partition coefficient (Wildman–Crippen LogP) is 0.705. The van der Waals surface area contributed by atoms with Crippen molar-refractivity contribution in [2.75, 3.05) is 13.2 Å². The minimum absolute atomic E-state index is 0.0676. The smallest absolute Gasteiger partial charge is 0.350 e. The highest BCUT2D eigenvalue weighted by Gasteiger charge is 2.19. The van der Waals surface area contributed by atoms with E-state index in [1.807, 2.05) is 13.8 Å². The Labute approximate surface area is 93.5 Å². The molecule has 0 aliphatic rings. The largest absolute Gasteiger partial charge is 0.470 e. The number of hydrogen-bond acceptors (Lipinski definition) is 5. The van der Waals surface area contributed by atoms with E-state index in [1.54, 1.807) is 7.05 Å². The van der Waals surface area contributed by atoms with E-state index >= 15 is 0 Å². The summed E-state index contributed by atoms with van der Waals surface area (Å²) < 4.78 is 6.60. The van der Waals surface area contributed by atoms with Crippen molar-refractivity contribution in [3.63, 3.8) is 0 Å². The van der Waals surface area contributed by atoms with E-state index in [-0.39, 0.29) is 11.6 Å². The van der Waals surface area contributed by atoms with Gasteiger partial charge >= 0.3 is 11.6 Å². The molecule has 0 atom stereocenters. The summed E-state index contributed by atoms with van der Waals surface area (Å²) >= 11 is 0. The molecule has 1 N–H and O–H groups in total. The predicted molar refractivity (Wildman–Crippen MR) is 58.5 cm³/mol. The molecule has 0 aliphatic carbocycles. The van der Waals surface area contributed by atoms with Gasteiger partial charge < -0.3 is 10.1 Å². The summed E-state index contributed by atoms with van der Waals surface area (Å²) in [6.07, 6.45) is 1.32. The number of nitrogens with one attached hydrogen (secondary N) is 1. The number of rotatable bonds is 6. The van der Waals surface area contributed by atoms with Crippen LogP contribution in [0.1, 0.15) is 13.8 Å². The maximum absolute atomic E-state index is 10.6. The van der Waals surface area contributed by atoms with Crippen molar-refractivity contribution >= 4 is 5.69 Å². The summed E-state index contributed by atoms with van der Waals surface area (Å²) in [5.74, 6) is 0.0676. The van der Waals surface area contributed by atoms with Gasteiger partial charge in [-0.25, -0.2) is 0 Å². The zero-order valence-electron chi connectivity index (χ0n) is 9.64. The Kier molecular flexibility index (Phi) is 4.24. The van der Waals surface area contributed by atoms with Crippen molar-refractivity contribution in [2.24, 2.45) is 7.05 Å². The topological polar surface area (TPSA) is 82.2 Å². The first-order valence-corrected chi connectivity index (χ1v) is 5.05. The van der Waals surface area contributed by atoms with Crippen LogP contribution >= 0.6 is 0 Å². The molecule has 1 aromatic rings. The fraction of sp³-hybridized carbons (Fsp3) is 0.667. The van der Waals surface area contributed by atoms with E-state index in [4.69, 9.17) is 4.74 Å². The van der Waals surface area contributed by atoms with Crippen LogP contribution in [-0.4, -0.2) is 33.9 Å². The molecule has 0 bridgehead atoms. The van der Waals surface area contributed by atoms with Crippen molar-refractivity contribution in [1.29, 1.82) is 0 Å². The molecule has 1 aromatic heterocycles. The van der Waals surface area contributed by atoms with Crippen LogP contribution in [0.4, 0.5) is 5.69 Å². The van der Waals surface area contributed by atoms with E-state index in [9.17, 15) is 10.1 Å². The molecule has 0 saturated heterocycles. The number of nitro groups is 1. The first-order valence-electron chi connectivity index (χ1n) is 5.05. The molecule has 0 amide bonds. The maximum Gasteiger partial charge on any atom is 0.350 e. The number of aromatic nitrogens is 2. The molecule has 1 heterocycles. The van der Waals surface area contributed by atoms with Crippen LogP contribution < -0.4 is 10.1 Å². The second-order valence-electron chi connectivity index (χ2n) is 3.71. The molecule has 0 radical (unpaired) electrons. The summed E-state index contributed by atoms with van der Waals surface area (Å²) in [7, 11) is 1.62. The molecule has 7 nitrogen and oxygen atoms in total. The Morgan fingerprint density at radius 2 is 2.38 bits per heavy atom. The minimum atomic E-state index is -0.502. The Morgan fingerprint density at radius 1 is 1.69 bits per heavy atom. The second kappa shape index (κ2) is 5.45. The van der Waals surface area contributed by atoms with Crippen LogP contribution in [0.2, 0.25) is 0 Å². The molecule has 0 aliphatic heterocycles. The van der Waals surface area contributed by atoms with Crippen LogP contribution in [-0.2, 0) is 7.05 Å². The quantitative estimate of drug-likeness (QED) is 0.440. The summed E-state index contributed by atoms with van der Waals surface area (Å²) in [6.45, 7) is 5.02. The SMILES string of the molecule is CC(C)NCCOc1nn(C)cc1[N+](=O)[O-]. The van der Waals surface area contributed by atoms with Crippen molar-refractivity contribution < 1.29 is 9.66 Å². The Bertz CT molecular complexity index is 362. The van der Waals surface area contributed by atoms with Crippen molar-refractivity contribution in [3.05, 3.63) is 16.3 Å². The third-order valence-corrected chi connectivity index (χ3v) is 1.87. The Balaban J connectivity index is 2.50. The first kappa shape index (κ1) is 12.4. The monoisotopic (exact) mass is 228 g/mol. The van der Waals surface area contributed by atoms with E-state index in [2.05, 4.69) is 10.4 Å². The molecule has 0 fully saturated rings. The number of ether oxygens (including phenoxy) is 1. The molecule has 1 rings (SSSR count). The van der Waals surface area contributed by atoms with E-state index in [1.165, 1.54) is 10.9 Å². The molecule has 16 heavy (non-hydrogen) atoms. The van der Waals surface area contributed by atoms with Crippen molar-refractivity contribution in [2.45, 2.75) is 19.9 Å².